The Labute approximate surface area is 521 Å². The molecule has 0 saturated heterocycles. The first-order valence-corrected chi connectivity index (χ1v) is 35.6. The predicted octanol–water partition coefficient (Wildman–Crippen LogP) is 27.1. The van der Waals surface area contributed by atoms with E-state index in [-0.39, 0.29) is 0 Å². The van der Waals surface area contributed by atoms with Gasteiger partial charge in [0.2, 0.25) is 0 Å². The molecule has 444 valence electrons. The average Bonchev–Trinajstić information content (AvgIpc) is 1.97. The normalized spacial score (nSPS) is 11.8. The van der Waals surface area contributed by atoms with E-state index in [4.69, 9.17) is 0 Å². The van der Waals surface area contributed by atoms with Crippen molar-refractivity contribution in [3.63, 3.8) is 0 Å². The van der Waals surface area contributed by atoms with Crippen LogP contribution in [-0.2, 0) is 25.7 Å². The molecule has 0 N–H and O–H groups in total. The summed E-state index contributed by atoms with van der Waals surface area (Å²) >= 11 is 4.04. The number of fused-ring (bicyclic) bond motifs is 6. The van der Waals surface area contributed by atoms with Crippen LogP contribution in [0.3, 0.4) is 0 Å². The summed E-state index contributed by atoms with van der Waals surface area (Å²) in [5.41, 5.74) is 17.8. The van der Waals surface area contributed by atoms with Crippen molar-refractivity contribution in [1.82, 2.24) is 0 Å². The molecule has 2 heterocycles. The quantitative estimate of drug-likeness (QED) is 0.0363. The van der Waals surface area contributed by atoms with Gasteiger partial charge in [0.25, 0.3) is 0 Å². The zero-order chi connectivity index (χ0) is 58.7. The number of hydrogen-bond donors (Lipinski definition) is 0. The molecule has 0 aliphatic carbocycles. The highest BCUT2D eigenvalue weighted by atomic mass is 32.1. The lowest BCUT2D eigenvalue weighted by atomic mass is 9.91. The maximum absolute atomic E-state index is 2.60. The van der Waals surface area contributed by atoms with E-state index in [1.807, 2.05) is 22.7 Å². The van der Waals surface area contributed by atoms with Crippen molar-refractivity contribution in [2.45, 2.75) is 221 Å². The van der Waals surface area contributed by atoms with Crippen LogP contribution in [0, 0.1) is 13.8 Å². The van der Waals surface area contributed by atoms with Crippen molar-refractivity contribution in [2.24, 2.45) is 0 Å². The predicted molar refractivity (Wildman–Crippen MR) is 381 cm³/mol. The third-order valence-electron chi connectivity index (χ3n) is 18.3. The van der Waals surface area contributed by atoms with Crippen LogP contribution < -0.4 is 4.90 Å². The summed E-state index contributed by atoms with van der Waals surface area (Å²) in [6.07, 6.45) is 36.5. The van der Waals surface area contributed by atoms with E-state index < -0.39 is 0 Å². The van der Waals surface area contributed by atoms with Gasteiger partial charge < -0.3 is 4.90 Å². The molecule has 0 bridgehead atoms. The van der Waals surface area contributed by atoms with Crippen molar-refractivity contribution in [3.8, 4) is 32.7 Å². The average molecular weight is 1160 g/mol. The van der Waals surface area contributed by atoms with Crippen molar-refractivity contribution < 1.29 is 0 Å². The molecule has 0 amide bonds. The highest BCUT2D eigenvalue weighted by Gasteiger charge is 2.23. The van der Waals surface area contributed by atoms with Gasteiger partial charge in [-0.25, -0.2) is 0 Å². The van der Waals surface area contributed by atoms with E-state index in [9.17, 15) is 0 Å². The summed E-state index contributed by atoms with van der Waals surface area (Å²) < 4.78 is 2.83. The van der Waals surface area contributed by atoms with Crippen LogP contribution in [-0.4, -0.2) is 0 Å². The van der Waals surface area contributed by atoms with E-state index in [0.29, 0.717) is 0 Å². The largest absolute Gasteiger partial charge is 0.310 e. The number of hydrogen-bond acceptors (Lipinski definition) is 3. The van der Waals surface area contributed by atoms with Gasteiger partial charge in [0.15, 0.2) is 0 Å². The minimum Gasteiger partial charge on any atom is -0.310 e. The van der Waals surface area contributed by atoms with Crippen LogP contribution in [0.5, 0.6) is 0 Å². The summed E-state index contributed by atoms with van der Waals surface area (Å²) in [6, 6.07) is 59.7. The highest BCUT2D eigenvalue weighted by molar-refractivity contribution is 7.24. The first-order chi connectivity index (χ1) is 41.8. The van der Waals surface area contributed by atoms with Crippen LogP contribution >= 0.6 is 22.7 Å². The second-order valence-electron chi connectivity index (χ2n) is 25.2. The molecular formula is C82H99NS2. The van der Waals surface area contributed by atoms with Crippen LogP contribution in [0.1, 0.15) is 214 Å². The van der Waals surface area contributed by atoms with Gasteiger partial charge in [0.1, 0.15) is 0 Å². The maximum Gasteiger partial charge on any atom is 0.0468 e. The molecule has 1 nitrogen and oxygen atoms in total. The molecule has 0 spiro atoms. The molecule has 3 heteroatoms. The summed E-state index contributed by atoms with van der Waals surface area (Å²) in [4.78, 5) is 5.23. The van der Waals surface area contributed by atoms with Crippen LogP contribution in [0.4, 0.5) is 17.1 Å². The smallest absolute Gasteiger partial charge is 0.0468 e. The van der Waals surface area contributed by atoms with Crippen molar-refractivity contribution >= 4 is 81.5 Å². The molecule has 85 heavy (non-hydrogen) atoms. The molecule has 0 fully saturated rings. The highest BCUT2D eigenvalue weighted by Crippen LogP contribution is 2.51. The molecule has 0 saturated carbocycles. The van der Waals surface area contributed by atoms with Gasteiger partial charge in [0, 0.05) is 68.9 Å². The van der Waals surface area contributed by atoms with Gasteiger partial charge in [0.05, 0.1) is 0 Å². The standard InChI is InChI=1S/C82H99NS2/c1-7-11-15-19-23-27-33-62-53-63(34-28-24-20-16-12-8-2)56-69(55-62)78-61(6)84-81-74-50-52-77-79(70-57-64(35-29-25-21-17-13-9-3)54-65(58-70)36-30-26-22-18-14-10-4)80(85-82(77)75(74)49-51-76(78)81)67-42-46-72(47-43-67)83(71-44-39-60(5)40-45-71)73-48-41-66-37-31-32-38-68(66)59-73/h31-32,37-59H,7-30,33-36H2,1-6H3. The minimum atomic E-state index is 1.14. The van der Waals surface area contributed by atoms with Gasteiger partial charge in [-0.2, -0.15) is 0 Å². The fourth-order valence-corrected chi connectivity index (χ4v) is 16.1. The van der Waals surface area contributed by atoms with E-state index in [1.54, 1.807) is 0 Å². The molecule has 0 aliphatic rings. The SMILES string of the molecule is CCCCCCCCc1cc(CCCCCCCC)cc(-c2c(C)sc3c2ccc2c3ccc3c(-c4cc(CCCCCCCC)cc(CCCCCCCC)c4)c(-c4ccc(N(c5ccc(C)cc5)c5ccc6ccccc6c5)cc4)sc32)c1. The number of rotatable bonds is 34. The Morgan fingerprint density at radius 3 is 1.18 bits per heavy atom. The van der Waals surface area contributed by atoms with Crippen LogP contribution in [0.15, 0.2) is 152 Å². The summed E-state index contributed by atoms with van der Waals surface area (Å²) in [7, 11) is 0. The van der Waals surface area contributed by atoms with Crippen molar-refractivity contribution in [2.75, 3.05) is 4.90 Å². The first-order valence-electron chi connectivity index (χ1n) is 34.0. The summed E-state index contributed by atoms with van der Waals surface area (Å²) in [6.45, 7) is 13.9. The minimum absolute atomic E-state index is 1.14. The van der Waals surface area contributed by atoms with Gasteiger partial charge in [-0.1, -0.05) is 277 Å². The molecule has 2 aromatic heterocycles. The number of thiophene rings is 2. The fraction of sp³-hybridized carbons (Fsp3) is 0.415. The fourth-order valence-electron chi connectivity index (χ4n) is 13.5. The number of anilines is 3. The molecule has 10 rings (SSSR count). The molecule has 0 aliphatic heterocycles. The number of unbranched alkanes of at least 4 members (excludes halogenated alkanes) is 20. The zero-order valence-electron chi connectivity index (χ0n) is 53.0. The second kappa shape index (κ2) is 31.6. The van der Waals surface area contributed by atoms with E-state index >= 15 is 0 Å². The Bertz CT molecular complexity index is 3630. The number of nitrogens with zero attached hydrogens (tertiary/aromatic N) is 1. The van der Waals surface area contributed by atoms with Gasteiger partial charge in [-0.05, 0) is 151 Å². The van der Waals surface area contributed by atoms with Crippen molar-refractivity contribution in [1.29, 1.82) is 0 Å². The lowest BCUT2D eigenvalue weighted by molar-refractivity contribution is 0.605. The third-order valence-corrected chi connectivity index (χ3v) is 20.8. The lowest BCUT2D eigenvalue weighted by Crippen LogP contribution is -2.09. The van der Waals surface area contributed by atoms with Crippen LogP contribution in [0.2, 0.25) is 0 Å². The van der Waals surface area contributed by atoms with Gasteiger partial charge in [-0.15, -0.1) is 22.7 Å². The van der Waals surface area contributed by atoms with Crippen molar-refractivity contribution in [3.05, 3.63) is 184 Å². The molecule has 0 unspecified atom stereocenters. The lowest BCUT2D eigenvalue weighted by Gasteiger charge is -2.26. The Morgan fingerprint density at radius 2 is 0.694 bits per heavy atom. The molecule has 0 radical (unpaired) electrons. The third kappa shape index (κ3) is 16.0. The molecule has 8 aromatic carbocycles. The molecule has 0 atom stereocenters. The Balaban J connectivity index is 1.08. The van der Waals surface area contributed by atoms with Gasteiger partial charge in [-0.3, -0.25) is 0 Å². The van der Waals surface area contributed by atoms with E-state index in [2.05, 4.69) is 198 Å². The number of benzene rings is 8. The second-order valence-corrected chi connectivity index (χ2v) is 27.5. The summed E-state index contributed by atoms with van der Waals surface area (Å²) in [5, 5.41) is 8.07. The van der Waals surface area contributed by atoms with Gasteiger partial charge >= 0.3 is 0 Å². The monoisotopic (exact) mass is 1160 g/mol. The van der Waals surface area contributed by atoms with Crippen LogP contribution in [0.25, 0.3) is 74.4 Å². The topological polar surface area (TPSA) is 3.24 Å². The molecule has 10 aromatic rings. The first kappa shape index (κ1) is 62.1. The van der Waals surface area contributed by atoms with E-state index in [0.717, 1.165) is 29.9 Å². The summed E-state index contributed by atoms with van der Waals surface area (Å²) in [5.74, 6) is 0. The van der Waals surface area contributed by atoms with E-state index in [1.165, 1.54) is 274 Å². The zero-order valence-corrected chi connectivity index (χ0v) is 54.6. The molecular weight excluding hydrogens is 1060 g/mol. The number of aryl methyl sites for hydroxylation is 6. The Hall–Kier alpha value is -6.00. The maximum atomic E-state index is 2.60. The Morgan fingerprint density at radius 1 is 0.306 bits per heavy atom. The Kier molecular flexibility index (Phi) is 23.1.